The molecule has 0 aliphatic carbocycles. The Kier molecular flexibility index (Phi) is 4.42. The fourth-order valence-corrected chi connectivity index (χ4v) is 6.88. The maximum Gasteiger partial charge on any atom is 0.164 e. The van der Waals surface area contributed by atoms with Gasteiger partial charge in [0.2, 0.25) is 0 Å². The maximum absolute atomic E-state index is 8.82. The van der Waals surface area contributed by atoms with E-state index in [0.717, 1.165) is 36.9 Å². The lowest BCUT2D eigenvalue weighted by molar-refractivity contribution is 1.07. The number of aromatic nitrogens is 4. The van der Waals surface area contributed by atoms with Crippen molar-refractivity contribution in [1.82, 2.24) is 19.5 Å². The topological polar surface area (TPSA) is 43.6 Å². The van der Waals surface area contributed by atoms with Gasteiger partial charge in [-0.2, -0.15) is 0 Å². The molecular weight excluding hydrogens is 557 g/mol. The summed E-state index contributed by atoms with van der Waals surface area (Å²) in [5.74, 6) is 1.74. The van der Waals surface area contributed by atoms with E-state index in [1.807, 2.05) is 84.9 Å². The fourth-order valence-electron chi connectivity index (χ4n) is 5.75. The Labute approximate surface area is 266 Å². The third-order valence-corrected chi connectivity index (χ3v) is 8.93. The van der Waals surface area contributed by atoms with E-state index in [2.05, 4.69) is 12.1 Å². The first kappa shape index (κ1) is 19.5. The highest BCUT2D eigenvalue weighted by Gasteiger charge is 2.16. The highest BCUT2D eigenvalue weighted by Crippen LogP contribution is 2.39. The average molecular weight is 587 g/mol. The zero-order valence-electron chi connectivity index (χ0n) is 29.1. The predicted octanol–water partition coefficient (Wildman–Crippen LogP) is 10.3. The Morgan fingerprint density at radius 1 is 0.477 bits per heavy atom. The highest BCUT2D eigenvalue weighted by molar-refractivity contribution is 7.25. The zero-order valence-corrected chi connectivity index (χ0v) is 23.9. The van der Waals surface area contributed by atoms with Gasteiger partial charge in [0.05, 0.1) is 19.3 Å². The van der Waals surface area contributed by atoms with Gasteiger partial charge in [-0.3, -0.25) is 0 Å². The van der Waals surface area contributed by atoms with Gasteiger partial charge >= 0.3 is 0 Å². The molecule has 9 aromatic rings. The van der Waals surface area contributed by atoms with Crippen LogP contribution in [0.25, 0.3) is 81.8 Å². The minimum Gasteiger partial charge on any atom is -0.309 e. The Balaban J connectivity index is 1.24. The van der Waals surface area contributed by atoms with Crippen molar-refractivity contribution in [1.29, 1.82) is 0 Å². The standard InChI is InChI=1S/C39H24N4S/c1-3-11-25(12-4-1)37-40-38(26-13-5-2-6-14-26)42-39(41-37)27-19-21-31-32-24-28(20-22-35(32)44-36(31)23-27)43-33-17-9-7-15-29(33)30-16-8-10-18-34(30)43/h1-24H/i7D,8D,15D,16D,17D,18D. The van der Waals surface area contributed by atoms with Crippen molar-refractivity contribution in [3.63, 3.8) is 0 Å². The van der Waals surface area contributed by atoms with Gasteiger partial charge in [-0.25, -0.2) is 15.0 Å². The van der Waals surface area contributed by atoms with Gasteiger partial charge in [0.1, 0.15) is 0 Å². The van der Waals surface area contributed by atoms with E-state index in [9.17, 15) is 0 Å². The first-order valence-corrected chi connectivity index (χ1v) is 14.9. The molecule has 9 rings (SSSR count). The van der Waals surface area contributed by atoms with Crippen molar-refractivity contribution in [2.24, 2.45) is 0 Å². The second kappa shape index (κ2) is 9.97. The number of para-hydroxylation sites is 2. The molecule has 0 saturated carbocycles. The summed E-state index contributed by atoms with van der Waals surface area (Å²) < 4.78 is 55.4. The number of hydrogen-bond acceptors (Lipinski definition) is 4. The van der Waals surface area contributed by atoms with E-state index in [0.29, 0.717) is 34.2 Å². The summed E-state index contributed by atoms with van der Waals surface area (Å²) in [7, 11) is 0. The van der Waals surface area contributed by atoms with Crippen LogP contribution in [-0.4, -0.2) is 19.5 Å². The van der Waals surface area contributed by atoms with E-state index < -0.39 is 0 Å². The molecule has 0 N–H and O–H groups in total. The van der Waals surface area contributed by atoms with Crippen LogP contribution in [0.15, 0.2) is 145 Å². The first-order chi connectivity index (χ1) is 24.3. The largest absolute Gasteiger partial charge is 0.309 e. The summed E-state index contributed by atoms with van der Waals surface area (Å²) in [4.78, 5) is 14.6. The Bertz CT molecular complexity index is 2700. The molecule has 3 heterocycles. The molecule has 4 nitrogen and oxygen atoms in total. The van der Waals surface area contributed by atoms with Crippen molar-refractivity contribution in [2.75, 3.05) is 0 Å². The van der Waals surface area contributed by atoms with E-state index in [4.69, 9.17) is 23.2 Å². The summed E-state index contributed by atoms with van der Waals surface area (Å²) in [5.41, 5.74) is 3.99. The molecule has 0 unspecified atom stereocenters. The van der Waals surface area contributed by atoms with Crippen LogP contribution in [0, 0.1) is 0 Å². The lowest BCUT2D eigenvalue weighted by Gasteiger charge is -2.09. The molecule has 44 heavy (non-hydrogen) atoms. The summed E-state index contributed by atoms with van der Waals surface area (Å²) in [5, 5.41) is 2.47. The second-order valence-corrected chi connectivity index (χ2v) is 11.5. The smallest absolute Gasteiger partial charge is 0.164 e. The van der Waals surface area contributed by atoms with Crippen molar-refractivity contribution >= 4 is 53.3 Å². The minimum atomic E-state index is -0.136. The summed E-state index contributed by atoms with van der Waals surface area (Å²) in [6, 6.07) is 33.9. The van der Waals surface area contributed by atoms with Gasteiger partial charge in [0.25, 0.3) is 0 Å². The van der Waals surface area contributed by atoms with Gasteiger partial charge in [0, 0.05) is 53.3 Å². The van der Waals surface area contributed by atoms with Gasteiger partial charge in [-0.15, -0.1) is 11.3 Å². The molecule has 0 fully saturated rings. The first-order valence-electron chi connectivity index (χ1n) is 17.1. The monoisotopic (exact) mass is 586 g/mol. The van der Waals surface area contributed by atoms with E-state index in [-0.39, 0.29) is 47.0 Å². The zero-order chi connectivity index (χ0) is 34.3. The lowest BCUT2D eigenvalue weighted by Crippen LogP contribution is -1.99. The van der Waals surface area contributed by atoms with Crippen molar-refractivity contribution < 1.29 is 8.22 Å². The molecule has 6 aromatic carbocycles. The number of benzene rings is 6. The molecule has 0 atom stereocenters. The van der Waals surface area contributed by atoms with E-state index in [1.54, 1.807) is 15.9 Å². The third-order valence-electron chi connectivity index (χ3n) is 7.80. The minimum absolute atomic E-state index is 0.0181. The molecule has 5 heteroatoms. The molecule has 0 amide bonds. The van der Waals surface area contributed by atoms with Crippen molar-refractivity contribution in [3.8, 4) is 39.9 Å². The maximum atomic E-state index is 8.82. The van der Waals surface area contributed by atoms with Crippen LogP contribution in [0.2, 0.25) is 0 Å². The fraction of sp³-hybridized carbons (Fsp3) is 0. The van der Waals surface area contributed by atoms with Crippen molar-refractivity contribution in [3.05, 3.63) is 145 Å². The average Bonchev–Trinajstić information content (AvgIpc) is 3.70. The van der Waals surface area contributed by atoms with Crippen LogP contribution in [0.3, 0.4) is 0 Å². The van der Waals surface area contributed by atoms with E-state index >= 15 is 0 Å². The Morgan fingerprint density at radius 3 is 1.68 bits per heavy atom. The third kappa shape index (κ3) is 4.02. The second-order valence-electron chi connectivity index (χ2n) is 10.4. The van der Waals surface area contributed by atoms with Crippen LogP contribution in [-0.2, 0) is 0 Å². The molecule has 3 aromatic heterocycles. The Hall–Kier alpha value is -5.65. The van der Waals surface area contributed by atoms with Crippen LogP contribution in [0.4, 0.5) is 0 Å². The van der Waals surface area contributed by atoms with E-state index in [1.165, 1.54) is 12.1 Å². The normalized spacial score (nSPS) is 13.5. The number of hydrogen-bond donors (Lipinski definition) is 0. The SMILES string of the molecule is [2H]c1cc([2H])c2c(c1[2H])c1c([2H])c([2H])cc([2H])c1n2-c1ccc2sc3cc(-c4nc(-c5ccccc5)nc(-c5ccccc5)n4)ccc3c2c1. The van der Waals surface area contributed by atoms with Gasteiger partial charge < -0.3 is 4.57 Å². The number of nitrogens with zero attached hydrogens (tertiary/aromatic N) is 4. The quantitative estimate of drug-likeness (QED) is 0.206. The van der Waals surface area contributed by atoms with Gasteiger partial charge in [-0.05, 0) is 36.4 Å². The molecular formula is C39H24N4S. The molecule has 206 valence electrons. The molecule has 0 bridgehead atoms. The molecule has 0 saturated heterocycles. The summed E-state index contributed by atoms with van der Waals surface area (Å²) in [6.45, 7) is 0. The summed E-state index contributed by atoms with van der Waals surface area (Å²) in [6.07, 6.45) is 0. The number of fused-ring (bicyclic) bond motifs is 6. The van der Waals surface area contributed by atoms with Crippen LogP contribution in [0.5, 0.6) is 0 Å². The number of rotatable bonds is 4. The molecule has 0 aliphatic rings. The highest BCUT2D eigenvalue weighted by atomic mass is 32.1. The predicted molar refractivity (Wildman–Crippen MR) is 183 cm³/mol. The lowest BCUT2D eigenvalue weighted by atomic mass is 10.1. The van der Waals surface area contributed by atoms with Crippen LogP contribution >= 0.6 is 11.3 Å². The molecule has 0 radical (unpaired) electrons. The van der Waals surface area contributed by atoms with Gasteiger partial charge in [0.15, 0.2) is 17.5 Å². The van der Waals surface area contributed by atoms with Crippen LogP contribution in [0.1, 0.15) is 8.22 Å². The molecule has 0 spiro atoms. The summed E-state index contributed by atoms with van der Waals surface area (Å²) >= 11 is 1.64. The Morgan fingerprint density at radius 2 is 1.07 bits per heavy atom. The number of thiophene rings is 1. The molecule has 0 aliphatic heterocycles. The van der Waals surface area contributed by atoms with Crippen molar-refractivity contribution in [2.45, 2.75) is 0 Å². The van der Waals surface area contributed by atoms with Gasteiger partial charge in [-0.1, -0.05) is 109 Å². The van der Waals surface area contributed by atoms with Crippen LogP contribution < -0.4 is 0 Å².